The van der Waals surface area contributed by atoms with Crippen LogP contribution >= 0.6 is 0 Å². The first-order valence-corrected chi connectivity index (χ1v) is 12.3. The van der Waals surface area contributed by atoms with Crippen molar-refractivity contribution in [2.75, 3.05) is 26.2 Å². The first-order chi connectivity index (χ1) is 16.3. The van der Waals surface area contributed by atoms with Crippen molar-refractivity contribution < 1.29 is 22.4 Å². The van der Waals surface area contributed by atoms with Crippen LogP contribution in [0.5, 0.6) is 0 Å². The Balaban J connectivity index is 1.32. The third-order valence-corrected chi connectivity index (χ3v) is 7.64. The molecule has 4 rings (SSSR count). The van der Waals surface area contributed by atoms with Gasteiger partial charge in [0.1, 0.15) is 5.76 Å². The van der Waals surface area contributed by atoms with Crippen LogP contribution in [0, 0.1) is 6.92 Å². The third kappa shape index (κ3) is 5.36. The van der Waals surface area contributed by atoms with Gasteiger partial charge < -0.3 is 4.42 Å². The Morgan fingerprint density at radius 2 is 1.53 bits per heavy atom. The molecule has 2 aromatic carbocycles. The minimum absolute atomic E-state index is 0.124. The molecule has 1 fully saturated rings. The third-order valence-electron chi connectivity index (χ3n) is 5.73. The van der Waals surface area contributed by atoms with E-state index in [-0.39, 0.29) is 10.5 Å². The molecule has 9 nitrogen and oxygen atoms in total. The molecular formula is C24H26N4O5S. The number of rotatable bonds is 6. The van der Waals surface area contributed by atoms with E-state index < -0.39 is 21.8 Å². The Hall–Kier alpha value is -3.47. The van der Waals surface area contributed by atoms with Gasteiger partial charge in [0, 0.05) is 38.3 Å². The standard InChI is InChI=1S/C24H26N4O5S/c1-18-22(11-16-33-18)24(30)26-25-23(29)20-7-9-21(10-8-20)34(31,32)28-14-12-27(13-15-28)17-19-5-3-2-4-6-19/h2-11,16H,12-15,17H2,1H3,(H,25,29)(H,26,30). The summed E-state index contributed by atoms with van der Waals surface area (Å²) < 4.78 is 32.6. The van der Waals surface area contributed by atoms with Gasteiger partial charge in [-0.3, -0.25) is 25.3 Å². The van der Waals surface area contributed by atoms with Crippen molar-refractivity contribution in [3.05, 3.63) is 89.4 Å². The molecule has 1 aliphatic rings. The van der Waals surface area contributed by atoms with Crippen molar-refractivity contribution in [3.8, 4) is 0 Å². The molecule has 0 radical (unpaired) electrons. The second-order valence-corrected chi connectivity index (χ2v) is 9.93. The lowest BCUT2D eigenvalue weighted by Crippen LogP contribution is -2.48. The van der Waals surface area contributed by atoms with E-state index in [1.165, 1.54) is 46.5 Å². The van der Waals surface area contributed by atoms with Gasteiger partial charge in [-0.05, 0) is 42.8 Å². The van der Waals surface area contributed by atoms with Gasteiger partial charge in [-0.2, -0.15) is 4.31 Å². The maximum atomic E-state index is 13.1. The molecular weight excluding hydrogens is 456 g/mol. The summed E-state index contributed by atoms with van der Waals surface area (Å²) in [5.41, 5.74) is 6.35. The highest BCUT2D eigenvalue weighted by Gasteiger charge is 2.28. The van der Waals surface area contributed by atoms with Crippen molar-refractivity contribution in [2.45, 2.75) is 18.4 Å². The second-order valence-electron chi connectivity index (χ2n) is 7.99. The first-order valence-electron chi connectivity index (χ1n) is 10.9. The Kier molecular flexibility index (Phi) is 7.11. The van der Waals surface area contributed by atoms with Crippen molar-refractivity contribution >= 4 is 21.8 Å². The van der Waals surface area contributed by atoms with Gasteiger partial charge >= 0.3 is 0 Å². The fourth-order valence-corrected chi connectivity index (χ4v) is 5.19. The number of hydrogen-bond acceptors (Lipinski definition) is 6. The Bertz CT molecular complexity index is 1250. The van der Waals surface area contributed by atoms with Crippen molar-refractivity contribution in [1.29, 1.82) is 0 Å². The molecule has 1 aromatic heterocycles. The van der Waals surface area contributed by atoms with Crippen molar-refractivity contribution in [3.63, 3.8) is 0 Å². The number of aryl methyl sites for hydroxylation is 1. The molecule has 0 spiro atoms. The first kappa shape index (κ1) is 23.7. The Morgan fingerprint density at radius 3 is 2.15 bits per heavy atom. The zero-order chi connectivity index (χ0) is 24.1. The van der Waals surface area contributed by atoms with Gasteiger partial charge in [0.25, 0.3) is 11.8 Å². The van der Waals surface area contributed by atoms with Gasteiger partial charge in [-0.15, -0.1) is 0 Å². The maximum Gasteiger partial charge on any atom is 0.273 e. The number of hydrazine groups is 1. The molecule has 34 heavy (non-hydrogen) atoms. The van der Waals surface area contributed by atoms with Crippen molar-refractivity contribution in [1.82, 2.24) is 20.1 Å². The fourth-order valence-electron chi connectivity index (χ4n) is 3.77. The topological polar surface area (TPSA) is 112 Å². The van der Waals surface area contributed by atoms with Gasteiger partial charge in [0.2, 0.25) is 10.0 Å². The van der Waals surface area contributed by atoms with Crippen LogP contribution in [-0.4, -0.2) is 55.6 Å². The summed E-state index contributed by atoms with van der Waals surface area (Å²) >= 11 is 0. The molecule has 1 saturated heterocycles. The fraction of sp³-hybridized carbons (Fsp3) is 0.250. The lowest BCUT2D eigenvalue weighted by molar-refractivity contribution is 0.0845. The molecule has 2 amide bonds. The van der Waals surface area contributed by atoms with Crippen molar-refractivity contribution in [2.24, 2.45) is 0 Å². The van der Waals surface area contributed by atoms with Crippen LogP contribution in [0.2, 0.25) is 0 Å². The molecule has 10 heteroatoms. The summed E-state index contributed by atoms with van der Waals surface area (Å²) in [4.78, 5) is 26.8. The normalized spacial score (nSPS) is 15.1. The smallest absolute Gasteiger partial charge is 0.273 e. The molecule has 0 saturated carbocycles. The zero-order valence-corrected chi connectivity index (χ0v) is 19.5. The lowest BCUT2D eigenvalue weighted by Gasteiger charge is -2.34. The van der Waals surface area contributed by atoms with Gasteiger partial charge in [-0.25, -0.2) is 8.42 Å². The maximum absolute atomic E-state index is 13.1. The highest BCUT2D eigenvalue weighted by atomic mass is 32.2. The Morgan fingerprint density at radius 1 is 0.882 bits per heavy atom. The van der Waals surface area contributed by atoms with E-state index in [9.17, 15) is 18.0 Å². The molecule has 3 aromatic rings. The predicted molar refractivity (Wildman–Crippen MR) is 125 cm³/mol. The number of furan rings is 1. The summed E-state index contributed by atoms with van der Waals surface area (Å²) in [7, 11) is -3.67. The SMILES string of the molecule is Cc1occc1C(=O)NNC(=O)c1ccc(S(=O)(=O)N2CCN(Cc3ccccc3)CC2)cc1. The number of sulfonamides is 1. The monoisotopic (exact) mass is 482 g/mol. The van der Waals surface area contributed by atoms with Crippen LogP contribution in [-0.2, 0) is 16.6 Å². The minimum Gasteiger partial charge on any atom is -0.469 e. The highest BCUT2D eigenvalue weighted by Crippen LogP contribution is 2.19. The molecule has 0 atom stereocenters. The number of nitrogens with zero attached hydrogens (tertiary/aromatic N) is 2. The van der Waals surface area contributed by atoms with Crippen LogP contribution in [0.4, 0.5) is 0 Å². The molecule has 1 aliphatic heterocycles. The predicted octanol–water partition coefficient (Wildman–Crippen LogP) is 2.17. The van der Waals surface area contributed by atoms with Crippen LogP contribution in [0.1, 0.15) is 32.0 Å². The number of benzene rings is 2. The van der Waals surface area contributed by atoms with Gasteiger partial charge in [-0.1, -0.05) is 30.3 Å². The van der Waals surface area contributed by atoms with Crippen LogP contribution in [0.15, 0.2) is 76.2 Å². The average Bonchev–Trinajstić information content (AvgIpc) is 3.29. The summed E-state index contributed by atoms with van der Waals surface area (Å²) in [6, 6.07) is 17.2. The van der Waals surface area contributed by atoms with E-state index in [0.29, 0.717) is 37.5 Å². The number of hydrogen-bond donors (Lipinski definition) is 2. The van der Waals surface area contributed by atoms with Gasteiger partial charge in [0.15, 0.2) is 0 Å². The van der Waals surface area contributed by atoms with Crippen LogP contribution < -0.4 is 10.9 Å². The second kappa shape index (κ2) is 10.2. The van der Waals surface area contributed by atoms with E-state index >= 15 is 0 Å². The largest absolute Gasteiger partial charge is 0.469 e. The lowest BCUT2D eigenvalue weighted by atomic mass is 10.2. The number of amides is 2. The zero-order valence-electron chi connectivity index (χ0n) is 18.7. The van der Waals surface area contributed by atoms with Crippen LogP contribution in [0.3, 0.4) is 0 Å². The Labute approximate surface area is 198 Å². The molecule has 0 bridgehead atoms. The summed E-state index contributed by atoms with van der Waals surface area (Å²) in [6.45, 7) is 4.51. The molecule has 178 valence electrons. The van der Waals surface area contributed by atoms with E-state index in [1.54, 1.807) is 6.92 Å². The number of nitrogens with one attached hydrogen (secondary N) is 2. The molecule has 2 N–H and O–H groups in total. The molecule has 0 aliphatic carbocycles. The number of carbonyl (C=O) groups is 2. The highest BCUT2D eigenvalue weighted by molar-refractivity contribution is 7.89. The molecule has 0 unspecified atom stereocenters. The van der Waals surface area contributed by atoms with E-state index in [0.717, 1.165) is 6.54 Å². The quantitative estimate of drug-likeness (QED) is 0.521. The van der Waals surface area contributed by atoms with E-state index in [4.69, 9.17) is 4.42 Å². The van der Waals surface area contributed by atoms with Gasteiger partial charge in [0.05, 0.1) is 16.7 Å². The average molecular weight is 483 g/mol. The van der Waals surface area contributed by atoms with Crippen LogP contribution in [0.25, 0.3) is 0 Å². The van der Waals surface area contributed by atoms with E-state index in [1.807, 2.05) is 18.2 Å². The summed E-state index contributed by atoms with van der Waals surface area (Å²) in [5.74, 6) is -0.639. The number of carbonyl (C=O) groups excluding carboxylic acids is 2. The van der Waals surface area contributed by atoms with E-state index in [2.05, 4.69) is 27.9 Å². The summed E-state index contributed by atoms with van der Waals surface area (Å²) in [5, 5.41) is 0. The minimum atomic E-state index is -3.67. The number of piperazine rings is 1. The summed E-state index contributed by atoms with van der Waals surface area (Å²) in [6.07, 6.45) is 1.38. The molecule has 2 heterocycles.